The van der Waals surface area contributed by atoms with Crippen LogP contribution in [0.2, 0.25) is 0 Å². The Morgan fingerprint density at radius 3 is 2.05 bits per heavy atom. The first-order valence-corrected chi connectivity index (χ1v) is 8.17. The number of hydrogen-bond acceptors (Lipinski definition) is 4. The number of nitrogens with one attached hydrogen (secondary N) is 1. The van der Waals surface area contributed by atoms with Crippen LogP contribution in [-0.4, -0.2) is 19.6 Å². The molecule has 0 unspecified atom stereocenters. The predicted molar refractivity (Wildman–Crippen MR) is 75.8 cm³/mol. The van der Waals surface area contributed by atoms with E-state index in [1.54, 1.807) is 13.8 Å². The minimum absolute atomic E-state index is 0.0796. The van der Waals surface area contributed by atoms with Gasteiger partial charge in [-0.25, -0.2) is 13.1 Å². The molecule has 2 N–H and O–H groups in total. The highest BCUT2D eigenvalue weighted by atomic mass is 32.2. The van der Waals surface area contributed by atoms with E-state index >= 15 is 0 Å². The van der Waals surface area contributed by atoms with Crippen LogP contribution in [0.4, 0.5) is 0 Å². The fraction of sp³-hybridized carbons (Fsp3) is 0.714. The summed E-state index contributed by atoms with van der Waals surface area (Å²) in [5, 5.41) is 9.38. The van der Waals surface area contributed by atoms with Gasteiger partial charge in [-0.15, -0.1) is 0 Å². The Kier molecular flexibility index (Phi) is 3.36. The van der Waals surface area contributed by atoms with Crippen molar-refractivity contribution in [3.05, 3.63) is 17.1 Å². The fourth-order valence-electron chi connectivity index (χ4n) is 2.95. The van der Waals surface area contributed by atoms with Crippen LogP contribution in [0.15, 0.2) is 9.31 Å². The van der Waals surface area contributed by atoms with Crippen molar-refractivity contribution in [2.45, 2.75) is 59.1 Å². The van der Waals surface area contributed by atoms with Crippen molar-refractivity contribution in [2.24, 2.45) is 10.8 Å². The molecule has 5 nitrogen and oxygen atoms in total. The van der Waals surface area contributed by atoms with E-state index in [4.69, 9.17) is 4.42 Å². The van der Waals surface area contributed by atoms with Crippen molar-refractivity contribution in [1.29, 1.82) is 0 Å². The largest absolute Gasteiger partial charge is 0.465 e. The molecule has 0 amide bonds. The van der Waals surface area contributed by atoms with Gasteiger partial charge < -0.3 is 9.52 Å². The summed E-state index contributed by atoms with van der Waals surface area (Å²) in [7, 11) is -3.70. The van der Waals surface area contributed by atoms with Gasteiger partial charge in [0.2, 0.25) is 10.0 Å². The van der Waals surface area contributed by atoms with Crippen LogP contribution in [0.1, 0.15) is 44.8 Å². The van der Waals surface area contributed by atoms with Crippen LogP contribution in [0.3, 0.4) is 0 Å². The van der Waals surface area contributed by atoms with Gasteiger partial charge in [-0.1, -0.05) is 27.7 Å². The highest BCUT2D eigenvalue weighted by molar-refractivity contribution is 7.89. The SMILES string of the molecule is Cc1oc(C)c(S(=O)(=O)NC2C(C)(C)C2(C)C)c1CO. The maximum Gasteiger partial charge on any atom is 0.244 e. The molecule has 1 aliphatic carbocycles. The average molecular weight is 301 g/mol. The Balaban J connectivity index is 2.39. The van der Waals surface area contributed by atoms with Gasteiger partial charge in [0.15, 0.2) is 0 Å². The number of aliphatic hydroxyl groups is 1. The van der Waals surface area contributed by atoms with Gasteiger partial charge in [0, 0.05) is 11.6 Å². The minimum atomic E-state index is -3.70. The first kappa shape index (κ1) is 15.5. The van der Waals surface area contributed by atoms with Crippen LogP contribution in [0.5, 0.6) is 0 Å². The second-order valence-corrected chi connectivity index (χ2v) is 8.33. The molecule has 0 aromatic carbocycles. The molecule has 0 radical (unpaired) electrons. The molecular formula is C14H23NO4S. The lowest BCUT2D eigenvalue weighted by atomic mass is 10.0. The number of aliphatic hydroxyl groups excluding tert-OH is 1. The van der Waals surface area contributed by atoms with E-state index in [0.29, 0.717) is 17.1 Å². The zero-order chi connectivity index (χ0) is 15.5. The average Bonchev–Trinajstić information content (AvgIpc) is 2.57. The van der Waals surface area contributed by atoms with E-state index in [2.05, 4.69) is 4.72 Å². The Morgan fingerprint density at radius 1 is 1.15 bits per heavy atom. The smallest absolute Gasteiger partial charge is 0.244 e. The monoisotopic (exact) mass is 301 g/mol. The van der Waals surface area contributed by atoms with E-state index in [1.165, 1.54) is 0 Å². The molecule has 0 spiro atoms. The summed E-state index contributed by atoms with van der Waals surface area (Å²) in [5.41, 5.74) is 0.157. The Labute approximate surface area is 120 Å². The molecule has 1 aromatic rings. The quantitative estimate of drug-likeness (QED) is 0.892. The second-order valence-electron chi connectivity index (χ2n) is 6.68. The molecule has 0 atom stereocenters. The summed E-state index contributed by atoms with van der Waals surface area (Å²) in [4.78, 5) is 0.0796. The highest BCUT2D eigenvalue weighted by Gasteiger charge is 2.66. The van der Waals surface area contributed by atoms with Crippen molar-refractivity contribution in [3.63, 3.8) is 0 Å². The third kappa shape index (κ3) is 2.01. The van der Waals surface area contributed by atoms with Crippen LogP contribution in [0, 0.1) is 24.7 Å². The molecule has 0 bridgehead atoms. The molecule has 0 saturated heterocycles. The van der Waals surface area contributed by atoms with Crippen molar-refractivity contribution in [3.8, 4) is 0 Å². The molecular weight excluding hydrogens is 278 g/mol. The predicted octanol–water partition coefficient (Wildman–Crippen LogP) is 2.10. The number of rotatable bonds is 4. The van der Waals surface area contributed by atoms with Crippen molar-refractivity contribution in [2.75, 3.05) is 0 Å². The number of hydrogen-bond donors (Lipinski definition) is 2. The molecule has 1 saturated carbocycles. The summed E-state index contributed by atoms with van der Waals surface area (Å²) in [6.45, 7) is 11.1. The maximum atomic E-state index is 12.6. The highest BCUT2D eigenvalue weighted by Crippen LogP contribution is 2.63. The van der Waals surface area contributed by atoms with E-state index < -0.39 is 10.0 Å². The molecule has 0 aliphatic heterocycles. The maximum absolute atomic E-state index is 12.6. The molecule has 2 rings (SSSR count). The first-order chi connectivity index (χ1) is 8.96. The van der Waals surface area contributed by atoms with Crippen LogP contribution in [0.25, 0.3) is 0 Å². The standard InChI is InChI=1S/C14H23NO4S/c1-8-10(7-16)11(9(2)19-8)20(17,18)15-12-13(3,4)14(12,5)6/h12,15-16H,7H2,1-6H3. The van der Waals surface area contributed by atoms with Gasteiger partial charge >= 0.3 is 0 Å². The third-order valence-corrected chi connectivity index (χ3v) is 6.66. The minimum Gasteiger partial charge on any atom is -0.465 e. The molecule has 1 fully saturated rings. The second kappa shape index (κ2) is 4.32. The Morgan fingerprint density at radius 2 is 1.65 bits per heavy atom. The van der Waals surface area contributed by atoms with Gasteiger partial charge in [-0.05, 0) is 24.7 Å². The van der Waals surface area contributed by atoms with Crippen molar-refractivity contribution >= 4 is 10.0 Å². The van der Waals surface area contributed by atoms with Crippen LogP contribution in [-0.2, 0) is 16.6 Å². The van der Waals surface area contributed by atoms with Gasteiger partial charge in [0.25, 0.3) is 0 Å². The molecule has 114 valence electrons. The van der Waals surface area contributed by atoms with Gasteiger partial charge in [-0.2, -0.15) is 0 Å². The van der Waals surface area contributed by atoms with Crippen LogP contribution < -0.4 is 4.72 Å². The third-order valence-electron chi connectivity index (χ3n) is 5.05. The zero-order valence-corrected chi connectivity index (χ0v) is 13.7. The molecule has 1 aliphatic rings. The van der Waals surface area contributed by atoms with Gasteiger partial charge in [-0.3, -0.25) is 0 Å². The Bertz CT molecular complexity index is 626. The van der Waals surface area contributed by atoms with E-state index in [9.17, 15) is 13.5 Å². The molecule has 6 heteroatoms. The zero-order valence-electron chi connectivity index (χ0n) is 12.9. The lowest BCUT2D eigenvalue weighted by molar-refractivity contribution is 0.276. The Hall–Kier alpha value is -0.850. The number of aryl methyl sites for hydroxylation is 2. The topological polar surface area (TPSA) is 79.5 Å². The van der Waals surface area contributed by atoms with E-state index in [-0.39, 0.29) is 28.4 Å². The van der Waals surface area contributed by atoms with Crippen molar-refractivity contribution < 1.29 is 17.9 Å². The number of sulfonamides is 1. The van der Waals surface area contributed by atoms with Gasteiger partial charge in [0.05, 0.1) is 6.61 Å². The van der Waals surface area contributed by atoms with Crippen molar-refractivity contribution in [1.82, 2.24) is 4.72 Å². The normalized spacial score (nSPS) is 21.1. The summed E-state index contributed by atoms with van der Waals surface area (Å²) in [5.74, 6) is 0.759. The van der Waals surface area contributed by atoms with Gasteiger partial charge in [0.1, 0.15) is 16.4 Å². The lowest BCUT2D eigenvalue weighted by Gasteiger charge is -2.09. The number of furan rings is 1. The summed E-state index contributed by atoms with van der Waals surface area (Å²) in [6, 6.07) is -0.124. The molecule has 1 heterocycles. The summed E-state index contributed by atoms with van der Waals surface area (Å²) >= 11 is 0. The van der Waals surface area contributed by atoms with E-state index in [0.717, 1.165) is 0 Å². The summed E-state index contributed by atoms with van der Waals surface area (Å²) < 4.78 is 33.3. The summed E-state index contributed by atoms with van der Waals surface area (Å²) in [6.07, 6.45) is 0. The lowest BCUT2D eigenvalue weighted by Crippen LogP contribution is -2.30. The fourth-order valence-corrected chi connectivity index (χ4v) is 4.92. The van der Waals surface area contributed by atoms with Crippen LogP contribution >= 0.6 is 0 Å². The first-order valence-electron chi connectivity index (χ1n) is 6.69. The molecule has 1 aromatic heterocycles. The van der Waals surface area contributed by atoms with E-state index in [1.807, 2.05) is 27.7 Å². The molecule has 20 heavy (non-hydrogen) atoms.